The summed E-state index contributed by atoms with van der Waals surface area (Å²) in [6.45, 7) is 3.78. The molecule has 2 saturated carbocycles. The van der Waals surface area contributed by atoms with E-state index >= 15 is 0 Å². The minimum absolute atomic E-state index is 0.212. The molecule has 2 aliphatic rings. The molecule has 0 bridgehead atoms. The number of alkyl halides is 2. The summed E-state index contributed by atoms with van der Waals surface area (Å²) in [7, 11) is 0. The number of benzene rings is 1. The Kier molecular flexibility index (Phi) is 5.63. The number of carbonyl (C=O) groups excluding carboxylic acids is 2. The highest BCUT2D eigenvalue weighted by molar-refractivity contribution is 5.96. The van der Waals surface area contributed by atoms with E-state index < -0.39 is 17.4 Å². The van der Waals surface area contributed by atoms with E-state index in [1.54, 1.807) is 24.3 Å². The third-order valence-electron chi connectivity index (χ3n) is 5.63. The maximum atomic E-state index is 13.5. The molecule has 0 spiro atoms. The Morgan fingerprint density at radius 2 is 1.78 bits per heavy atom. The fourth-order valence-corrected chi connectivity index (χ4v) is 3.97. The minimum atomic E-state index is -2.73. The maximum Gasteiger partial charge on any atom is 0.255 e. The molecule has 2 fully saturated rings. The third-order valence-corrected chi connectivity index (χ3v) is 5.63. The van der Waals surface area contributed by atoms with Crippen molar-refractivity contribution < 1.29 is 18.4 Å². The summed E-state index contributed by atoms with van der Waals surface area (Å²) in [5.74, 6) is -4.24. The monoisotopic (exact) mass is 376 g/mol. The molecule has 2 amide bonds. The summed E-state index contributed by atoms with van der Waals surface area (Å²) in [5.41, 5.74) is 0.166. The van der Waals surface area contributed by atoms with E-state index in [9.17, 15) is 18.4 Å². The zero-order valence-electron chi connectivity index (χ0n) is 15.4. The van der Waals surface area contributed by atoms with Gasteiger partial charge in [0.05, 0.1) is 11.5 Å². The second-order valence-corrected chi connectivity index (χ2v) is 7.68. The van der Waals surface area contributed by atoms with Crippen molar-refractivity contribution in [1.82, 2.24) is 10.6 Å². The van der Waals surface area contributed by atoms with Crippen LogP contribution in [0.25, 0.3) is 0 Å². The molecule has 2 N–H and O–H groups in total. The number of hydrogen-bond donors (Lipinski definition) is 2. The van der Waals surface area contributed by atoms with Crippen molar-refractivity contribution in [1.29, 1.82) is 0 Å². The van der Waals surface area contributed by atoms with Crippen molar-refractivity contribution in [3.8, 4) is 0 Å². The molecule has 0 aliphatic heterocycles. The van der Waals surface area contributed by atoms with Gasteiger partial charge in [-0.25, -0.2) is 8.78 Å². The van der Waals surface area contributed by atoms with Crippen LogP contribution in [0, 0.1) is 0 Å². The van der Waals surface area contributed by atoms with Crippen LogP contribution in [0.1, 0.15) is 66.8 Å². The molecule has 1 aromatic rings. The Morgan fingerprint density at radius 3 is 2.37 bits per heavy atom. The summed E-state index contributed by atoms with van der Waals surface area (Å²) in [5, 5.41) is 5.88. The van der Waals surface area contributed by atoms with Gasteiger partial charge in [-0.3, -0.25) is 9.59 Å². The number of hydrogen-bond acceptors (Lipinski definition) is 2. The second-order valence-electron chi connectivity index (χ2n) is 7.68. The lowest BCUT2D eigenvalue weighted by atomic mass is 9.89. The predicted molar refractivity (Wildman–Crippen MR) is 99.9 cm³/mol. The van der Waals surface area contributed by atoms with Crippen LogP contribution in [-0.2, 0) is 4.79 Å². The van der Waals surface area contributed by atoms with E-state index in [0.29, 0.717) is 11.1 Å². The largest absolute Gasteiger partial charge is 0.350 e. The van der Waals surface area contributed by atoms with Crippen molar-refractivity contribution in [3.63, 3.8) is 0 Å². The van der Waals surface area contributed by atoms with Gasteiger partial charge in [-0.2, -0.15) is 0 Å². The number of rotatable bonds is 6. The summed E-state index contributed by atoms with van der Waals surface area (Å²) in [6, 6.07) is 6.54. The molecule has 146 valence electrons. The lowest BCUT2D eigenvalue weighted by molar-refractivity contribution is -0.118. The summed E-state index contributed by atoms with van der Waals surface area (Å²) < 4.78 is 27.0. The van der Waals surface area contributed by atoms with Gasteiger partial charge >= 0.3 is 0 Å². The first-order valence-electron chi connectivity index (χ1n) is 9.56. The molecule has 1 atom stereocenters. The molecule has 4 nitrogen and oxygen atoms in total. The summed E-state index contributed by atoms with van der Waals surface area (Å²) in [6.07, 6.45) is 6.70. The number of carbonyl (C=O) groups is 2. The fourth-order valence-electron chi connectivity index (χ4n) is 3.97. The first kappa shape index (κ1) is 19.5. The molecule has 0 heterocycles. The highest BCUT2D eigenvalue weighted by atomic mass is 19.3. The van der Waals surface area contributed by atoms with E-state index in [2.05, 4.69) is 17.2 Å². The van der Waals surface area contributed by atoms with Crippen LogP contribution in [0.4, 0.5) is 8.78 Å². The molecule has 0 aromatic heterocycles. The average Bonchev–Trinajstić information content (AvgIpc) is 3.36. The Bertz CT molecular complexity index is 725. The highest BCUT2D eigenvalue weighted by Crippen LogP contribution is 2.56. The Morgan fingerprint density at radius 1 is 1.15 bits per heavy atom. The molecule has 1 unspecified atom stereocenters. The van der Waals surface area contributed by atoms with Crippen LogP contribution >= 0.6 is 0 Å². The molecule has 1 aromatic carbocycles. The van der Waals surface area contributed by atoms with Crippen LogP contribution < -0.4 is 10.6 Å². The van der Waals surface area contributed by atoms with Gasteiger partial charge in [0.15, 0.2) is 0 Å². The van der Waals surface area contributed by atoms with E-state index in [0.717, 1.165) is 38.5 Å². The van der Waals surface area contributed by atoms with Crippen molar-refractivity contribution in [3.05, 3.63) is 48.0 Å². The molecule has 0 saturated heterocycles. The molecule has 2 aliphatic carbocycles. The van der Waals surface area contributed by atoms with E-state index in [1.165, 1.54) is 6.08 Å². The van der Waals surface area contributed by atoms with Gasteiger partial charge in [0.1, 0.15) is 0 Å². The Balaban J connectivity index is 1.73. The lowest BCUT2D eigenvalue weighted by Crippen LogP contribution is -2.55. The molecule has 6 heteroatoms. The zero-order chi connectivity index (χ0) is 19.5. The Hall–Kier alpha value is -2.24. The summed E-state index contributed by atoms with van der Waals surface area (Å²) >= 11 is 0. The molecule has 27 heavy (non-hydrogen) atoms. The smallest absolute Gasteiger partial charge is 0.255 e. The third kappa shape index (κ3) is 4.54. The van der Waals surface area contributed by atoms with Gasteiger partial charge in [0, 0.05) is 18.5 Å². The van der Waals surface area contributed by atoms with Crippen LogP contribution in [0.5, 0.6) is 0 Å². The van der Waals surface area contributed by atoms with Gasteiger partial charge in [-0.1, -0.05) is 50.5 Å². The SMILES string of the molecule is C=CC(=O)NC1(CNC(=O)c2ccccc2C2CC2(F)F)CCCCCC1. The molecule has 3 rings (SSSR count). The van der Waals surface area contributed by atoms with Crippen LogP contribution in [0.2, 0.25) is 0 Å². The van der Waals surface area contributed by atoms with Crippen molar-refractivity contribution >= 4 is 11.8 Å². The predicted octanol–water partition coefficient (Wildman–Crippen LogP) is 3.93. The molecular weight excluding hydrogens is 350 g/mol. The first-order valence-corrected chi connectivity index (χ1v) is 9.56. The van der Waals surface area contributed by atoms with E-state index in [1.807, 2.05) is 0 Å². The van der Waals surface area contributed by atoms with E-state index in [-0.39, 0.29) is 24.8 Å². The topological polar surface area (TPSA) is 58.2 Å². The average molecular weight is 376 g/mol. The maximum absolute atomic E-state index is 13.5. The zero-order valence-corrected chi connectivity index (χ0v) is 15.4. The van der Waals surface area contributed by atoms with Crippen molar-refractivity contribution in [2.45, 2.75) is 62.3 Å². The molecular formula is C21H26F2N2O2. The van der Waals surface area contributed by atoms with Gasteiger partial charge in [-0.05, 0) is 30.5 Å². The van der Waals surface area contributed by atoms with Gasteiger partial charge in [0.2, 0.25) is 5.91 Å². The van der Waals surface area contributed by atoms with E-state index in [4.69, 9.17) is 0 Å². The first-order chi connectivity index (χ1) is 12.9. The highest BCUT2D eigenvalue weighted by Gasteiger charge is 2.58. The standard InChI is InChI=1S/C21H26F2N2O2/c1-2-18(26)25-20(11-7-3-4-8-12-20)14-24-19(27)16-10-6-5-9-15(16)17-13-21(17,22)23/h2,5-6,9-10,17H,1,3-4,7-8,11-14H2,(H,24,27)(H,25,26). The van der Waals surface area contributed by atoms with Gasteiger partial charge in [0.25, 0.3) is 11.8 Å². The second kappa shape index (κ2) is 7.79. The normalized spacial score (nSPS) is 23.0. The van der Waals surface area contributed by atoms with Crippen molar-refractivity contribution in [2.24, 2.45) is 0 Å². The fraction of sp³-hybridized carbons (Fsp3) is 0.524. The van der Waals surface area contributed by atoms with Crippen LogP contribution in [0.3, 0.4) is 0 Å². The van der Waals surface area contributed by atoms with Gasteiger partial charge in [-0.15, -0.1) is 0 Å². The lowest BCUT2D eigenvalue weighted by Gasteiger charge is -2.34. The minimum Gasteiger partial charge on any atom is -0.350 e. The van der Waals surface area contributed by atoms with Gasteiger partial charge < -0.3 is 10.6 Å². The molecule has 0 radical (unpaired) electrons. The number of amides is 2. The quantitative estimate of drug-likeness (QED) is 0.584. The van der Waals surface area contributed by atoms with Crippen molar-refractivity contribution in [2.75, 3.05) is 6.54 Å². The number of halogens is 2. The summed E-state index contributed by atoms with van der Waals surface area (Å²) in [4.78, 5) is 24.7. The number of nitrogens with one attached hydrogen (secondary N) is 2. The van der Waals surface area contributed by atoms with Crippen LogP contribution in [-0.4, -0.2) is 29.8 Å². The Labute approximate surface area is 158 Å². The van der Waals surface area contributed by atoms with Crippen LogP contribution in [0.15, 0.2) is 36.9 Å².